The van der Waals surface area contributed by atoms with E-state index in [-0.39, 0.29) is 0 Å². The van der Waals surface area contributed by atoms with Gasteiger partial charge < -0.3 is 15.2 Å². The smallest absolute Gasteiger partial charge is 0.120 e. The average Bonchev–Trinajstić information content (AvgIpc) is 2.27. The van der Waals surface area contributed by atoms with E-state index in [2.05, 4.69) is 34.8 Å². The molecule has 4 heteroatoms. The molecule has 0 heterocycles. The molecule has 0 amide bonds. The number of ether oxygens (including phenoxy) is 1. The van der Waals surface area contributed by atoms with Gasteiger partial charge in [-0.25, -0.2) is 0 Å². The standard InChI is InChI=1S/C13H20INO2/c1-3-7-15-9-13(2,16)10-17-12-6-4-5-11(14)8-12/h4-6,8,15-16H,3,7,9-10H2,1-2H3. The monoisotopic (exact) mass is 349 g/mol. The third-order valence-electron chi connectivity index (χ3n) is 2.28. The van der Waals surface area contributed by atoms with Crippen molar-refractivity contribution < 1.29 is 9.84 Å². The van der Waals surface area contributed by atoms with Crippen LogP contribution in [-0.4, -0.2) is 30.4 Å². The largest absolute Gasteiger partial charge is 0.491 e. The highest BCUT2D eigenvalue weighted by atomic mass is 127. The Hall–Kier alpha value is -0.330. The molecular formula is C13H20INO2. The van der Waals surface area contributed by atoms with Crippen molar-refractivity contribution >= 4 is 22.6 Å². The Bertz CT molecular complexity index is 342. The van der Waals surface area contributed by atoms with Crippen LogP contribution in [0.1, 0.15) is 20.3 Å². The first kappa shape index (κ1) is 14.7. The molecule has 0 fully saturated rings. The van der Waals surface area contributed by atoms with Crippen LogP contribution in [-0.2, 0) is 0 Å². The molecule has 1 aromatic carbocycles. The summed E-state index contributed by atoms with van der Waals surface area (Å²) in [7, 11) is 0. The van der Waals surface area contributed by atoms with Crippen LogP contribution in [0.4, 0.5) is 0 Å². The topological polar surface area (TPSA) is 41.5 Å². The molecule has 17 heavy (non-hydrogen) atoms. The fraction of sp³-hybridized carbons (Fsp3) is 0.538. The molecule has 0 aliphatic carbocycles. The maximum absolute atomic E-state index is 10.1. The van der Waals surface area contributed by atoms with E-state index in [1.54, 1.807) is 6.92 Å². The van der Waals surface area contributed by atoms with Gasteiger partial charge in [-0.3, -0.25) is 0 Å². The first-order chi connectivity index (χ1) is 8.03. The lowest BCUT2D eigenvalue weighted by atomic mass is 10.1. The van der Waals surface area contributed by atoms with Gasteiger partial charge in [0.25, 0.3) is 0 Å². The summed E-state index contributed by atoms with van der Waals surface area (Å²) >= 11 is 2.24. The van der Waals surface area contributed by atoms with Crippen LogP contribution in [0.15, 0.2) is 24.3 Å². The molecule has 0 saturated carbocycles. The predicted molar refractivity (Wildman–Crippen MR) is 78.4 cm³/mol. The quantitative estimate of drug-likeness (QED) is 0.587. The second kappa shape index (κ2) is 7.18. The molecule has 1 rings (SSSR count). The number of aliphatic hydroxyl groups is 1. The van der Waals surface area contributed by atoms with Crippen molar-refractivity contribution in [1.29, 1.82) is 0 Å². The highest BCUT2D eigenvalue weighted by Gasteiger charge is 2.20. The van der Waals surface area contributed by atoms with Gasteiger partial charge in [0, 0.05) is 10.1 Å². The van der Waals surface area contributed by atoms with Crippen molar-refractivity contribution in [2.24, 2.45) is 0 Å². The molecule has 0 aliphatic rings. The van der Waals surface area contributed by atoms with Gasteiger partial charge in [0.05, 0.1) is 0 Å². The van der Waals surface area contributed by atoms with E-state index >= 15 is 0 Å². The minimum Gasteiger partial charge on any atom is -0.491 e. The lowest BCUT2D eigenvalue weighted by Crippen LogP contribution is -2.43. The van der Waals surface area contributed by atoms with Gasteiger partial charge in [-0.2, -0.15) is 0 Å². The van der Waals surface area contributed by atoms with Crippen LogP contribution < -0.4 is 10.1 Å². The van der Waals surface area contributed by atoms with Crippen molar-refractivity contribution in [3.8, 4) is 5.75 Å². The fourth-order valence-electron chi connectivity index (χ4n) is 1.38. The molecule has 0 bridgehead atoms. The third kappa shape index (κ3) is 6.24. The number of hydrogen-bond acceptors (Lipinski definition) is 3. The normalized spacial score (nSPS) is 14.4. The molecule has 0 aromatic heterocycles. The van der Waals surface area contributed by atoms with E-state index in [1.165, 1.54) is 0 Å². The van der Waals surface area contributed by atoms with Crippen molar-refractivity contribution in [2.75, 3.05) is 19.7 Å². The van der Waals surface area contributed by atoms with Crippen molar-refractivity contribution in [3.63, 3.8) is 0 Å². The Balaban J connectivity index is 2.38. The molecule has 3 nitrogen and oxygen atoms in total. The minimum atomic E-state index is -0.837. The predicted octanol–water partition coefficient (Wildman–Crippen LogP) is 2.42. The van der Waals surface area contributed by atoms with Crippen LogP contribution in [0.25, 0.3) is 0 Å². The number of rotatable bonds is 7. The Morgan fingerprint density at radius 3 is 2.88 bits per heavy atom. The maximum Gasteiger partial charge on any atom is 0.120 e. The van der Waals surface area contributed by atoms with Crippen LogP contribution in [0.5, 0.6) is 5.75 Å². The first-order valence-electron chi connectivity index (χ1n) is 5.85. The van der Waals surface area contributed by atoms with Crippen molar-refractivity contribution in [2.45, 2.75) is 25.9 Å². The Morgan fingerprint density at radius 1 is 1.47 bits per heavy atom. The van der Waals surface area contributed by atoms with Gasteiger partial charge in [-0.05, 0) is 60.7 Å². The van der Waals surface area contributed by atoms with E-state index in [0.717, 1.165) is 22.3 Å². The van der Waals surface area contributed by atoms with Gasteiger partial charge in [-0.15, -0.1) is 0 Å². The number of hydrogen-bond donors (Lipinski definition) is 2. The third-order valence-corrected chi connectivity index (χ3v) is 2.95. The molecule has 2 N–H and O–H groups in total. The molecule has 0 aliphatic heterocycles. The Kier molecular flexibility index (Phi) is 6.22. The van der Waals surface area contributed by atoms with Gasteiger partial charge >= 0.3 is 0 Å². The Labute approximate surface area is 117 Å². The second-order valence-electron chi connectivity index (χ2n) is 4.42. The summed E-state index contributed by atoms with van der Waals surface area (Å²) in [6.07, 6.45) is 1.06. The summed E-state index contributed by atoms with van der Waals surface area (Å²) in [6.45, 7) is 5.64. The van der Waals surface area contributed by atoms with E-state index in [4.69, 9.17) is 4.74 Å². The number of halogens is 1. The van der Waals surface area contributed by atoms with Crippen LogP contribution in [0, 0.1) is 3.57 Å². The van der Waals surface area contributed by atoms with E-state index < -0.39 is 5.60 Å². The Morgan fingerprint density at radius 2 is 2.24 bits per heavy atom. The molecule has 96 valence electrons. The number of nitrogens with one attached hydrogen (secondary N) is 1. The van der Waals surface area contributed by atoms with Gasteiger partial charge in [0.1, 0.15) is 18.0 Å². The summed E-state index contributed by atoms with van der Waals surface area (Å²) in [5, 5.41) is 13.3. The van der Waals surface area contributed by atoms with E-state index in [0.29, 0.717) is 13.2 Å². The summed E-state index contributed by atoms with van der Waals surface area (Å²) in [5.74, 6) is 0.799. The average molecular weight is 349 g/mol. The van der Waals surface area contributed by atoms with Crippen molar-refractivity contribution in [1.82, 2.24) is 5.32 Å². The maximum atomic E-state index is 10.1. The lowest BCUT2D eigenvalue weighted by Gasteiger charge is -2.24. The number of benzene rings is 1. The molecule has 1 unspecified atom stereocenters. The molecular weight excluding hydrogens is 329 g/mol. The zero-order valence-corrected chi connectivity index (χ0v) is 12.5. The highest BCUT2D eigenvalue weighted by molar-refractivity contribution is 14.1. The minimum absolute atomic E-state index is 0.295. The molecule has 1 atom stereocenters. The van der Waals surface area contributed by atoms with Gasteiger partial charge in [-0.1, -0.05) is 13.0 Å². The summed E-state index contributed by atoms with van der Waals surface area (Å²) in [5.41, 5.74) is -0.837. The SMILES string of the molecule is CCCNCC(C)(O)COc1cccc(I)c1. The van der Waals surface area contributed by atoms with E-state index in [9.17, 15) is 5.11 Å². The van der Waals surface area contributed by atoms with Gasteiger partial charge in [0.15, 0.2) is 0 Å². The molecule has 1 aromatic rings. The first-order valence-corrected chi connectivity index (χ1v) is 6.93. The van der Waals surface area contributed by atoms with Crippen LogP contribution >= 0.6 is 22.6 Å². The summed E-state index contributed by atoms with van der Waals surface area (Å²) in [6, 6.07) is 7.81. The van der Waals surface area contributed by atoms with Crippen LogP contribution in [0.3, 0.4) is 0 Å². The molecule has 0 spiro atoms. The fourth-order valence-corrected chi connectivity index (χ4v) is 1.90. The van der Waals surface area contributed by atoms with Crippen LogP contribution in [0.2, 0.25) is 0 Å². The van der Waals surface area contributed by atoms with Crippen molar-refractivity contribution in [3.05, 3.63) is 27.8 Å². The highest BCUT2D eigenvalue weighted by Crippen LogP contribution is 2.16. The summed E-state index contributed by atoms with van der Waals surface area (Å²) < 4.78 is 6.72. The van der Waals surface area contributed by atoms with E-state index in [1.807, 2.05) is 24.3 Å². The summed E-state index contributed by atoms with van der Waals surface area (Å²) in [4.78, 5) is 0. The zero-order valence-electron chi connectivity index (χ0n) is 10.4. The molecule has 0 saturated heterocycles. The lowest BCUT2D eigenvalue weighted by molar-refractivity contribution is 0.0124. The zero-order chi connectivity index (χ0) is 12.7. The van der Waals surface area contributed by atoms with Gasteiger partial charge in [0.2, 0.25) is 0 Å². The second-order valence-corrected chi connectivity index (χ2v) is 5.67. The molecule has 0 radical (unpaired) electrons.